The molecule has 2 unspecified atom stereocenters. The van der Waals surface area contributed by atoms with Gasteiger partial charge in [-0.3, -0.25) is 19.2 Å². The van der Waals surface area contributed by atoms with Gasteiger partial charge in [0.15, 0.2) is 0 Å². The van der Waals surface area contributed by atoms with E-state index in [1.165, 1.54) is 25.7 Å². The van der Waals surface area contributed by atoms with Crippen LogP contribution in [0.5, 0.6) is 0 Å². The fourth-order valence-electron chi connectivity index (χ4n) is 5.98. The van der Waals surface area contributed by atoms with Gasteiger partial charge in [0, 0.05) is 70.5 Å². The Hall–Kier alpha value is -2.67. The van der Waals surface area contributed by atoms with E-state index < -0.39 is 0 Å². The van der Waals surface area contributed by atoms with E-state index in [4.69, 9.17) is 0 Å². The second kappa shape index (κ2) is 10.5. The lowest BCUT2D eigenvalue weighted by Crippen LogP contribution is -2.53. The van der Waals surface area contributed by atoms with Gasteiger partial charge in [-0.2, -0.15) is 5.10 Å². The maximum atomic E-state index is 13.7. The highest BCUT2D eigenvalue weighted by molar-refractivity contribution is 5.92. The molecule has 2 bridgehead atoms. The third-order valence-corrected chi connectivity index (χ3v) is 8.06. The number of benzene rings is 1. The number of hydrogen-bond acceptors (Lipinski definition) is 4. The number of fused-ring (bicyclic) bond motifs is 3. The topological polar surface area (TPSA) is 61.7 Å². The SMILES string of the molecule is CC(=O)N1CCC2CCCC(CN(C(=O)CCc3cnn(C)c3)Cc3ccccc31)N2CC1CC1. The zero-order valence-corrected chi connectivity index (χ0v) is 21.2. The minimum absolute atomic E-state index is 0.0762. The van der Waals surface area contributed by atoms with E-state index in [0.29, 0.717) is 31.5 Å². The summed E-state index contributed by atoms with van der Waals surface area (Å²) in [6, 6.07) is 9.02. The fraction of sp³-hybridized carbons (Fsp3) is 0.607. The molecule has 2 aliphatic heterocycles. The Balaban J connectivity index is 1.44. The van der Waals surface area contributed by atoms with Crippen molar-refractivity contribution in [2.24, 2.45) is 13.0 Å². The van der Waals surface area contributed by atoms with Crippen LogP contribution in [0.15, 0.2) is 36.7 Å². The maximum Gasteiger partial charge on any atom is 0.223 e. The lowest BCUT2D eigenvalue weighted by molar-refractivity contribution is -0.133. The zero-order valence-electron chi connectivity index (χ0n) is 21.2. The largest absolute Gasteiger partial charge is 0.337 e. The maximum absolute atomic E-state index is 13.7. The van der Waals surface area contributed by atoms with Crippen molar-refractivity contribution in [3.63, 3.8) is 0 Å². The Morgan fingerprint density at radius 2 is 1.86 bits per heavy atom. The Kier molecular flexibility index (Phi) is 7.23. The molecule has 3 aliphatic rings. The third kappa shape index (κ3) is 5.77. The Morgan fingerprint density at radius 3 is 2.60 bits per heavy atom. The van der Waals surface area contributed by atoms with E-state index in [2.05, 4.69) is 21.0 Å². The number of anilines is 1. The van der Waals surface area contributed by atoms with E-state index in [1.54, 1.807) is 11.6 Å². The van der Waals surface area contributed by atoms with Gasteiger partial charge in [0.1, 0.15) is 0 Å². The summed E-state index contributed by atoms with van der Waals surface area (Å²) in [5, 5.41) is 4.25. The van der Waals surface area contributed by atoms with Crippen LogP contribution in [0, 0.1) is 5.92 Å². The molecule has 0 spiro atoms. The molecule has 1 aromatic carbocycles. The molecule has 3 heterocycles. The Bertz CT molecular complexity index is 1050. The van der Waals surface area contributed by atoms with Gasteiger partial charge >= 0.3 is 0 Å². The minimum atomic E-state index is 0.0762. The van der Waals surface area contributed by atoms with Gasteiger partial charge in [-0.25, -0.2) is 0 Å². The van der Waals surface area contributed by atoms with Crippen LogP contribution in [0.2, 0.25) is 0 Å². The number of aryl methyl sites for hydroxylation is 2. The summed E-state index contributed by atoms with van der Waals surface area (Å²) in [4.78, 5) is 33.1. The molecule has 2 fully saturated rings. The molecule has 1 aliphatic carbocycles. The lowest BCUT2D eigenvalue weighted by Gasteiger charge is -2.44. The first-order valence-electron chi connectivity index (χ1n) is 13.3. The van der Waals surface area contributed by atoms with Crippen LogP contribution in [0.1, 0.15) is 63.0 Å². The van der Waals surface area contributed by atoms with Gasteiger partial charge in [0.05, 0.1) is 6.20 Å². The van der Waals surface area contributed by atoms with Crippen molar-refractivity contribution in [3.8, 4) is 0 Å². The highest BCUT2D eigenvalue weighted by atomic mass is 16.2. The van der Waals surface area contributed by atoms with Gasteiger partial charge in [-0.1, -0.05) is 24.6 Å². The van der Waals surface area contributed by atoms with Gasteiger partial charge in [0.25, 0.3) is 0 Å². The average Bonchev–Trinajstić information content (AvgIpc) is 3.57. The Morgan fingerprint density at radius 1 is 1.06 bits per heavy atom. The molecule has 188 valence electrons. The summed E-state index contributed by atoms with van der Waals surface area (Å²) >= 11 is 0. The van der Waals surface area contributed by atoms with Crippen molar-refractivity contribution in [1.82, 2.24) is 19.6 Å². The van der Waals surface area contributed by atoms with Crippen LogP contribution in [0.3, 0.4) is 0 Å². The molecule has 2 aromatic rings. The number of amides is 2. The quantitative estimate of drug-likeness (QED) is 0.658. The summed E-state index contributed by atoms with van der Waals surface area (Å²) in [6.45, 7) is 4.85. The molecule has 5 rings (SSSR count). The lowest BCUT2D eigenvalue weighted by atomic mass is 9.92. The fourth-order valence-corrected chi connectivity index (χ4v) is 5.98. The molecule has 35 heavy (non-hydrogen) atoms. The van der Waals surface area contributed by atoms with Crippen LogP contribution < -0.4 is 4.90 Å². The van der Waals surface area contributed by atoms with Gasteiger partial charge in [0.2, 0.25) is 11.8 Å². The van der Waals surface area contributed by atoms with Gasteiger partial charge in [-0.05, 0) is 61.6 Å². The van der Waals surface area contributed by atoms with Crippen LogP contribution in [-0.2, 0) is 29.6 Å². The van der Waals surface area contributed by atoms with Gasteiger partial charge < -0.3 is 9.80 Å². The summed E-state index contributed by atoms with van der Waals surface area (Å²) in [6.07, 6.45) is 12.2. The number of carbonyl (C=O) groups is 2. The van der Waals surface area contributed by atoms with Crippen LogP contribution >= 0.6 is 0 Å². The highest BCUT2D eigenvalue weighted by Gasteiger charge is 2.37. The number of nitrogens with zero attached hydrogens (tertiary/aromatic N) is 5. The van der Waals surface area contributed by atoms with Crippen molar-refractivity contribution in [1.29, 1.82) is 0 Å². The van der Waals surface area contributed by atoms with Crippen molar-refractivity contribution < 1.29 is 9.59 Å². The first-order chi connectivity index (χ1) is 17.0. The molecule has 0 radical (unpaired) electrons. The number of aromatic nitrogens is 2. The predicted molar refractivity (Wildman–Crippen MR) is 137 cm³/mol. The highest BCUT2D eigenvalue weighted by Crippen LogP contribution is 2.36. The van der Waals surface area contributed by atoms with E-state index in [1.807, 2.05) is 42.5 Å². The molecule has 2 amide bonds. The Labute approximate surface area is 209 Å². The van der Waals surface area contributed by atoms with E-state index in [0.717, 1.165) is 55.2 Å². The molecule has 7 heteroatoms. The second-order valence-electron chi connectivity index (χ2n) is 10.8. The molecule has 1 aromatic heterocycles. The third-order valence-electron chi connectivity index (χ3n) is 8.06. The number of piperidine rings is 1. The summed E-state index contributed by atoms with van der Waals surface area (Å²) in [5.41, 5.74) is 3.10. The minimum Gasteiger partial charge on any atom is -0.337 e. The van der Waals surface area contributed by atoms with Crippen LogP contribution in [-0.4, -0.2) is 63.1 Å². The monoisotopic (exact) mass is 477 g/mol. The molecular formula is C28H39N5O2. The van der Waals surface area contributed by atoms with E-state index >= 15 is 0 Å². The second-order valence-corrected chi connectivity index (χ2v) is 10.8. The summed E-state index contributed by atoms with van der Waals surface area (Å²) < 4.78 is 1.79. The first kappa shape index (κ1) is 24.0. The first-order valence-corrected chi connectivity index (χ1v) is 13.3. The van der Waals surface area contributed by atoms with Crippen molar-refractivity contribution >= 4 is 17.5 Å². The molecule has 7 nitrogen and oxygen atoms in total. The molecule has 1 saturated heterocycles. The number of hydrogen-bond donors (Lipinski definition) is 0. The summed E-state index contributed by atoms with van der Waals surface area (Å²) in [5.74, 6) is 1.07. The normalized spacial score (nSPS) is 23.5. The van der Waals surface area contributed by atoms with E-state index in [-0.39, 0.29) is 11.8 Å². The van der Waals surface area contributed by atoms with E-state index in [9.17, 15) is 9.59 Å². The molecule has 1 saturated carbocycles. The standard InChI is InChI=1S/C28H39N5O2/c1-21(34)32-15-14-25-7-5-8-26(33(25)18-22-10-11-22)20-31(19-24-6-3-4-9-27(24)32)28(35)13-12-23-16-29-30(2)17-23/h3-4,6,9,16-17,22,25-26H,5,7-8,10-15,18-20H2,1-2H3. The number of para-hydroxylation sites is 1. The predicted octanol–water partition coefficient (Wildman–Crippen LogP) is 3.77. The smallest absolute Gasteiger partial charge is 0.223 e. The van der Waals surface area contributed by atoms with Crippen molar-refractivity contribution in [2.75, 3.05) is 24.5 Å². The van der Waals surface area contributed by atoms with Crippen molar-refractivity contribution in [3.05, 3.63) is 47.8 Å². The number of carbonyl (C=O) groups excluding carboxylic acids is 2. The average molecular weight is 478 g/mol. The molecule has 0 N–H and O–H groups in total. The van der Waals surface area contributed by atoms with Crippen LogP contribution in [0.4, 0.5) is 5.69 Å². The van der Waals surface area contributed by atoms with Gasteiger partial charge in [-0.15, -0.1) is 0 Å². The molecule has 2 atom stereocenters. The van der Waals surface area contributed by atoms with Crippen molar-refractivity contribution in [2.45, 2.75) is 76.9 Å². The summed E-state index contributed by atoms with van der Waals surface area (Å²) in [7, 11) is 1.91. The number of rotatable bonds is 5. The van der Waals surface area contributed by atoms with Crippen LogP contribution in [0.25, 0.3) is 0 Å². The zero-order chi connectivity index (χ0) is 24.4. The molecular weight excluding hydrogens is 438 g/mol.